The van der Waals surface area contributed by atoms with Crippen LogP contribution in [0.3, 0.4) is 0 Å². The predicted octanol–water partition coefficient (Wildman–Crippen LogP) is 2.80. The molecule has 2 heterocycles. The molecule has 3 rings (SSSR count). The molecule has 0 N–H and O–H groups in total. The lowest BCUT2D eigenvalue weighted by Gasteiger charge is -2.11. The molecule has 1 fully saturated rings. The van der Waals surface area contributed by atoms with Gasteiger partial charge in [0.2, 0.25) is 6.79 Å². The summed E-state index contributed by atoms with van der Waals surface area (Å²) in [5.41, 5.74) is 1.80. The molecule has 23 heavy (non-hydrogen) atoms. The monoisotopic (exact) mass is 335 g/mol. The highest BCUT2D eigenvalue weighted by atomic mass is 32.2. The van der Waals surface area contributed by atoms with E-state index in [1.54, 1.807) is 13.2 Å². The minimum atomic E-state index is -0.256. The number of aryl methyl sites for hydroxylation is 1. The van der Waals surface area contributed by atoms with Gasteiger partial charge >= 0.3 is 0 Å². The van der Waals surface area contributed by atoms with Gasteiger partial charge in [0.15, 0.2) is 11.5 Å². The molecular formula is C16H17NO5S. The molecule has 6 nitrogen and oxygen atoms in total. The van der Waals surface area contributed by atoms with Crippen LogP contribution in [-0.4, -0.2) is 43.1 Å². The Morgan fingerprint density at radius 1 is 1.30 bits per heavy atom. The zero-order valence-electron chi connectivity index (χ0n) is 13.0. The van der Waals surface area contributed by atoms with Gasteiger partial charge < -0.3 is 14.2 Å². The molecular weight excluding hydrogens is 318 g/mol. The minimum absolute atomic E-state index is 0.203. The number of benzene rings is 1. The highest BCUT2D eigenvalue weighted by Crippen LogP contribution is 2.37. The van der Waals surface area contributed by atoms with E-state index in [1.807, 2.05) is 19.1 Å². The predicted molar refractivity (Wildman–Crippen MR) is 86.5 cm³/mol. The third-order valence-electron chi connectivity index (χ3n) is 3.65. The first-order valence-electron chi connectivity index (χ1n) is 7.24. The van der Waals surface area contributed by atoms with Gasteiger partial charge in [-0.25, -0.2) is 0 Å². The van der Waals surface area contributed by atoms with Crippen LogP contribution in [0.25, 0.3) is 6.08 Å². The normalized spacial score (nSPS) is 18.3. The van der Waals surface area contributed by atoms with Gasteiger partial charge in [-0.2, -0.15) is 0 Å². The molecule has 1 aromatic carbocycles. The Labute approximate surface area is 138 Å². The lowest BCUT2D eigenvalue weighted by molar-refractivity contribution is -0.122. The van der Waals surface area contributed by atoms with Crippen LogP contribution in [0, 0.1) is 6.92 Å². The molecule has 1 aromatic rings. The first-order chi connectivity index (χ1) is 11.1. The maximum Gasteiger partial charge on any atom is 0.293 e. The van der Waals surface area contributed by atoms with E-state index in [0.29, 0.717) is 36.0 Å². The Morgan fingerprint density at radius 3 is 2.78 bits per heavy atom. The van der Waals surface area contributed by atoms with Crippen molar-refractivity contribution in [1.82, 2.24) is 4.90 Å². The molecule has 2 aliphatic heterocycles. The summed E-state index contributed by atoms with van der Waals surface area (Å²) in [6.45, 7) is 3.02. The molecule has 7 heteroatoms. The average Bonchev–Trinajstić information content (AvgIpc) is 3.07. The smallest absolute Gasteiger partial charge is 0.293 e. The zero-order valence-corrected chi connectivity index (χ0v) is 13.8. The van der Waals surface area contributed by atoms with Crippen molar-refractivity contribution >= 4 is 29.0 Å². The molecule has 0 radical (unpaired) electrons. The molecule has 0 aromatic heterocycles. The van der Waals surface area contributed by atoms with Crippen molar-refractivity contribution < 1.29 is 23.8 Å². The Kier molecular flexibility index (Phi) is 4.58. The second-order valence-corrected chi connectivity index (χ2v) is 6.23. The van der Waals surface area contributed by atoms with E-state index < -0.39 is 0 Å². The molecule has 122 valence electrons. The summed E-state index contributed by atoms with van der Waals surface area (Å²) in [5, 5.41) is -0.240. The topological polar surface area (TPSA) is 65.1 Å². The molecule has 0 bridgehead atoms. The Morgan fingerprint density at radius 2 is 2.04 bits per heavy atom. The summed E-state index contributed by atoms with van der Waals surface area (Å²) in [4.78, 5) is 26.1. The van der Waals surface area contributed by atoms with E-state index in [4.69, 9.17) is 14.2 Å². The highest BCUT2D eigenvalue weighted by molar-refractivity contribution is 8.18. The zero-order chi connectivity index (χ0) is 16.4. The summed E-state index contributed by atoms with van der Waals surface area (Å²) in [7, 11) is 1.59. The first-order valence-corrected chi connectivity index (χ1v) is 8.06. The fourth-order valence-corrected chi connectivity index (χ4v) is 3.27. The fourth-order valence-electron chi connectivity index (χ4n) is 2.42. The SMILES string of the molecule is COCCCN1C(=O)S/C(=C/c2cc3c(cc2C)OCO3)C1=O. The first kappa shape index (κ1) is 15.9. The number of carbonyl (C=O) groups excluding carboxylic acids is 2. The van der Waals surface area contributed by atoms with Gasteiger partial charge in [-0.3, -0.25) is 14.5 Å². The van der Waals surface area contributed by atoms with Crippen LogP contribution >= 0.6 is 11.8 Å². The standard InChI is InChI=1S/C16H17NO5S/c1-10-6-12-13(22-9-21-12)7-11(10)8-14-15(18)17(16(19)23-14)4-3-5-20-2/h6-8H,3-5,9H2,1-2H3/b14-8+. The van der Waals surface area contributed by atoms with Gasteiger partial charge in [-0.15, -0.1) is 0 Å². The van der Waals surface area contributed by atoms with Crippen molar-refractivity contribution in [3.8, 4) is 11.5 Å². The lowest BCUT2D eigenvalue weighted by atomic mass is 10.1. The summed E-state index contributed by atoms with van der Waals surface area (Å²) in [6, 6.07) is 3.70. The molecule has 0 saturated carbocycles. The van der Waals surface area contributed by atoms with Crippen molar-refractivity contribution in [2.24, 2.45) is 0 Å². The van der Waals surface area contributed by atoms with E-state index in [9.17, 15) is 9.59 Å². The van der Waals surface area contributed by atoms with Crippen molar-refractivity contribution in [2.45, 2.75) is 13.3 Å². The van der Waals surface area contributed by atoms with Crippen LogP contribution in [0.15, 0.2) is 17.0 Å². The number of rotatable bonds is 5. The highest BCUT2D eigenvalue weighted by Gasteiger charge is 2.34. The quantitative estimate of drug-likeness (QED) is 0.609. The van der Waals surface area contributed by atoms with Gasteiger partial charge in [-0.05, 0) is 54.4 Å². The van der Waals surface area contributed by atoms with Gasteiger partial charge in [0.1, 0.15) is 0 Å². The summed E-state index contributed by atoms with van der Waals surface area (Å²) in [6.07, 6.45) is 2.36. The number of methoxy groups -OCH3 is 1. The molecule has 0 atom stereocenters. The molecule has 0 unspecified atom stereocenters. The maximum atomic E-state index is 12.4. The van der Waals surface area contributed by atoms with Crippen LogP contribution in [0.4, 0.5) is 4.79 Å². The van der Waals surface area contributed by atoms with Crippen LogP contribution in [0.1, 0.15) is 17.5 Å². The average molecular weight is 335 g/mol. The number of hydrogen-bond donors (Lipinski definition) is 0. The number of fused-ring (bicyclic) bond motifs is 1. The summed E-state index contributed by atoms with van der Waals surface area (Å²) < 4.78 is 15.6. The van der Waals surface area contributed by atoms with E-state index >= 15 is 0 Å². The largest absolute Gasteiger partial charge is 0.454 e. The van der Waals surface area contributed by atoms with Crippen molar-refractivity contribution in [2.75, 3.05) is 27.1 Å². The van der Waals surface area contributed by atoms with E-state index in [-0.39, 0.29) is 17.9 Å². The lowest BCUT2D eigenvalue weighted by Crippen LogP contribution is -2.29. The maximum absolute atomic E-state index is 12.4. The van der Waals surface area contributed by atoms with Crippen LogP contribution in [0.5, 0.6) is 11.5 Å². The Balaban J connectivity index is 1.81. The van der Waals surface area contributed by atoms with Gasteiger partial charge in [0.05, 0.1) is 4.91 Å². The molecule has 1 saturated heterocycles. The van der Waals surface area contributed by atoms with Crippen LogP contribution < -0.4 is 9.47 Å². The van der Waals surface area contributed by atoms with E-state index in [0.717, 1.165) is 22.9 Å². The van der Waals surface area contributed by atoms with Crippen LogP contribution in [0.2, 0.25) is 0 Å². The van der Waals surface area contributed by atoms with Crippen molar-refractivity contribution in [3.63, 3.8) is 0 Å². The number of hydrogen-bond acceptors (Lipinski definition) is 6. The molecule has 2 aliphatic rings. The number of amides is 2. The third kappa shape index (κ3) is 3.20. The number of ether oxygens (including phenoxy) is 3. The number of carbonyl (C=O) groups is 2. The summed E-state index contributed by atoms with van der Waals surface area (Å²) in [5.74, 6) is 1.10. The fraction of sp³-hybridized carbons (Fsp3) is 0.375. The third-order valence-corrected chi connectivity index (χ3v) is 4.56. The number of thioether (sulfide) groups is 1. The summed E-state index contributed by atoms with van der Waals surface area (Å²) >= 11 is 0.962. The second kappa shape index (κ2) is 6.64. The molecule has 2 amide bonds. The minimum Gasteiger partial charge on any atom is -0.454 e. The van der Waals surface area contributed by atoms with Crippen molar-refractivity contribution in [1.29, 1.82) is 0 Å². The Hall–Kier alpha value is -1.99. The van der Waals surface area contributed by atoms with E-state index in [1.165, 1.54) is 4.90 Å². The van der Waals surface area contributed by atoms with Gasteiger partial charge in [-0.1, -0.05) is 0 Å². The second-order valence-electron chi connectivity index (χ2n) is 5.24. The molecule has 0 aliphatic carbocycles. The van der Waals surface area contributed by atoms with E-state index in [2.05, 4.69) is 0 Å². The van der Waals surface area contributed by atoms with Gasteiger partial charge in [0.25, 0.3) is 11.1 Å². The molecule has 0 spiro atoms. The van der Waals surface area contributed by atoms with Crippen molar-refractivity contribution in [3.05, 3.63) is 28.2 Å². The number of nitrogens with zero attached hydrogens (tertiary/aromatic N) is 1. The van der Waals surface area contributed by atoms with Crippen LogP contribution in [-0.2, 0) is 9.53 Å². The number of imide groups is 1. The Bertz CT molecular complexity index is 685. The van der Waals surface area contributed by atoms with Gasteiger partial charge in [0, 0.05) is 20.3 Å².